The third kappa shape index (κ3) is 3.45. The van der Waals surface area contributed by atoms with Crippen LogP contribution < -0.4 is 10.9 Å². The molecule has 1 amide bonds. The standard InChI is InChI=1S/C21H17Cl2N3O3/c1-10-13(20(27)26-25-10)9-14-11(2)29-19-12(14)5-3-8-17(19)24-21(28)18-15(22)6-4-7-16(18)23/h3-8H,9H2,1-2H3,(H,24,28)(H2,25,26,27). The van der Waals surface area contributed by atoms with E-state index in [1.807, 2.05) is 26.0 Å². The van der Waals surface area contributed by atoms with Crippen molar-refractivity contribution in [2.45, 2.75) is 20.3 Å². The van der Waals surface area contributed by atoms with Gasteiger partial charge >= 0.3 is 0 Å². The van der Waals surface area contributed by atoms with Crippen LogP contribution in [0.5, 0.6) is 0 Å². The van der Waals surface area contributed by atoms with Crippen LogP contribution in [0.3, 0.4) is 0 Å². The van der Waals surface area contributed by atoms with Crippen LogP contribution >= 0.6 is 23.2 Å². The minimum atomic E-state index is -0.429. The zero-order valence-corrected chi connectivity index (χ0v) is 17.2. The average Bonchev–Trinajstić information content (AvgIpc) is 3.16. The summed E-state index contributed by atoms with van der Waals surface area (Å²) in [6.45, 7) is 3.67. The molecule has 0 aliphatic heterocycles. The van der Waals surface area contributed by atoms with Crippen molar-refractivity contribution in [1.29, 1.82) is 0 Å². The lowest BCUT2D eigenvalue weighted by molar-refractivity contribution is 0.102. The lowest BCUT2D eigenvalue weighted by Gasteiger charge is -2.09. The van der Waals surface area contributed by atoms with Gasteiger partial charge in [-0.1, -0.05) is 41.4 Å². The molecule has 148 valence electrons. The third-order valence-electron chi connectivity index (χ3n) is 4.90. The van der Waals surface area contributed by atoms with E-state index in [9.17, 15) is 9.59 Å². The fourth-order valence-corrected chi connectivity index (χ4v) is 3.94. The minimum Gasteiger partial charge on any atom is -0.459 e. The van der Waals surface area contributed by atoms with E-state index in [1.165, 1.54) is 0 Å². The maximum absolute atomic E-state index is 12.8. The van der Waals surface area contributed by atoms with E-state index in [1.54, 1.807) is 24.3 Å². The van der Waals surface area contributed by atoms with Gasteiger partial charge in [-0.2, -0.15) is 0 Å². The summed E-state index contributed by atoms with van der Waals surface area (Å²) < 4.78 is 5.95. The van der Waals surface area contributed by atoms with E-state index < -0.39 is 5.91 Å². The molecule has 2 aromatic heterocycles. The first-order valence-corrected chi connectivity index (χ1v) is 9.65. The van der Waals surface area contributed by atoms with Crippen LogP contribution in [0.1, 0.15) is 32.9 Å². The number of H-pyrrole nitrogens is 2. The summed E-state index contributed by atoms with van der Waals surface area (Å²) in [6.07, 6.45) is 0.414. The lowest BCUT2D eigenvalue weighted by atomic mass is 10.0. The highest BCUT2D eigenvalue weighted by Gasteiger charge is 2.20. The number of hydrogen-bond donors (Lipinski definition) is 3. The van der Waals surface area contributed by atoms with Crippen LogP contribution in [0, 0.1) is 13.8 Å². The van der Waals surface area contributed by atoms with Gasteiger partial charge in [0.15, 0.2) is 5.58 Å². The van der Waals surface area contributed by atoms with E-state index in [0.29, 0.717) is 29.0 Å². The second-order valence-electron chi connectivity index (χ2n) is 6.73. The van der Waals surface area contributed by atoms with Crippen molar-refractivity contribution in [2.24, 2.45) is 0 Å². The first-order chi connectivity index (χ1) is 13.9. The Hall–Kier alpha value is -2.96. The number of aryl methyl sites for hydroxylation is 2. The maximum atomic E-state index is 12.8. The van der Waals surface area contributed by atoms with Crippen molar-refractivity contribution < 1.29 is 9.21 Å². The van der Waals surface area contributed by atoms with Crippen LogP contribution in [0.15, 0.2) is 45.6 Å². The second-order valence-corrected chi connectivity index (χ2v) is 7.54. The molecule has 0 spiro atoms. The van der Waals surface area contributed by atoms with Crippen molar-refractivity contribution in [3.8, 4) is 0 Å². The van der Waals surface area contributed by atoms with Gasteiger partial charge in [-0.05, 0) is 32.0 Å². The Bertz CT molecular complexity index is 1280. The highest BCUT2D eigenvalue weighted by atomic mass is 35.5. The fraction of sp³-hybridized carbons (Fsp3) is 0.143. The molecule has 0 aliphatic rings. The van der Waals surface area contributed by atoms with Gasteiger partial charge in [-0.3, -0.25) is 14.7 Å². The molecule has 3 N–H and O–H groups in total. The number of para-hydroxylation sites is 1. The Balaban J connectivity index is 1.74. The van der Waals surface area contributed by atoms with Crippen LogP contribution in [0.25, 0.3) is 11.0 Å². The second kappa shape index (κ2) is 7.46. The molecular formula is C21H17Cl2N3O3. The molecular weight excluding hydrogens is 413 g/mol. The van der Waals surface area contributed by atoms with Crippen molar-refractivity contribution in [3.63, 3.8) is 0 Å². The number of halogens is 2. The summed E-state index contributed by atoms with van der Waals surface area (Å²) >= 11 is 12.3. The molecule has 0 bridgehead atoms. The number of carbonyl (C=O) groups is 1. The molecule has 4 aromatic rings. The van der Waals surface area contributed by atoms with Crippen molar-refractivity contribution in [2.75, 3.05) is 5.32 Å². The van der Waals surface area contributed by atoms with Crippen molar-refractivity contribution >= 4 is 45.8 Å². The van der Waals surface area contributed by atoms with Gasteiger partial charge in [0.2, 0.25) is 0 Å². The Labute approximate surface area is 175 Å². The number of benzene rings is 2. The Kier molecular flexibility index (Phi) is 4.98. The highest BCUT2D eigenvalue weighted by molar-refractivity contribution is 6.40. The van der Waals surface area contributed by atoms with Gasteiger partial charge in [-0.15, -0.1) is 0 Å². The van der Waals surface area contributed by atoms with Crippen molar-refractivity contribution in [1.82, 2.24) is 10.2 Å². The van der Waals surface area contributed by atoms with Gasteiger partial charge in [0.25, 0.3) is 11.5 Å². The topological polar surface area (TPSA) is 90.9 Å². The molecule has 0 unspecified atom stereocenters. The summed E-state index contributed by atoms with van der Waals surface area (Å²) in [5.41, 5.74) is 3.38. The van der Waals surface area contributed by atoms with E-state index in [2.05, 4.69) is 15.5 Å². The molecule has 0 aliphatic carbocycles. The SMILES string of the molecule is Cc1[nH][nH]c(=O)c1Cc1c(C)oc2c(NC(=O)c3c(Cl)cccc3Cl)cccc12. The largest absolute Gasteiger partial charge is 0.459 e. The zero-order chi connectivity index (χ0) is 20.7. The molecule has 2 aromatic carbocycles. The quantitative estimate of drug-likeness (QED) is 0.415. The average molecular weight is 430 g/mol. The van der Waals surface area contributed by atoms with Crippen LogP contribution in [-0.4, -0.2) is 16.1 Å². The predicted octanol–water partition coefficient (Wildman–Crippen LogP) is 5.22. The number of carbonyl (C=O) groups excluding carboxylic acids is 1. The molecule has 0 atom stereocenters. The number of aromatic amines is 2. The number of amides is 1. The first-order valence-electron chi connectivity index (χ1n) is 8.89. The molecule has 0 radical (unpaired) electrons. The van der Waals surface area contributed by atoms with Gasteiger partial charge in [0.1, 0.15) is 5.76 Å². The van der Waals surface area contributed by atoms with Crippen LogP contribution in [0.2, 0.25) is 10.0 Å². The highest BCUT2D eigenvalue weighted by Crippen LogP contribution is 2.33. The molecule has 29 heavy (non-hydrogen) atoms. The summed E-state index contributed by atoms with van der Waals surface area (Å²) in [6, 6.07) is 10.3. The fourth-order valence-electron chi connectivity index (χ4n) is 3.37. The van der Waals surface area contributed by atoms with Gasteiger partial charge in [0.05, 0.1) is 21.3 Å². The Morgan fingerprint density at radius 1 is 1.03 bits per heavy atom. The summed E-state index contributed by atoms with van der Waals surface area (Å²) in [7, 11) is 0. The Morgan fingerprint density at radius 2 is 1.72 bits per heavy atom. The predicted molar refractivity (Wildman–Crippen MR) is 114 cm³/mol. The number of rotatable bonds is 4. The molecule has 0 fully saturated rings. The minimum absolute atomic E-state index is 0.158. The number of aromatic nitrogens is 2. The number of fused-ring (bicyclic) bond motifs is 1. The lowest BCUT2D eigenvalue weighted by Crippen LogP contribution is -2.13. The van der Waals surface area contributed by atoms with Crippen LogP contribution in [-0.2, 0) is 6.42 Å². The number of hydrogen-bond acceptors (Lipinski definition) is 3. The molecule has 6 nitrogen and oxygen atoms in total. The smallest absolute Gasteiger partial charge is 0.267 e. The zero-order valence-electron chi connectivity index (χ0n) is 15.7. The van der Waals surface area contributed by atoms with E-state index in [0.717, 1.165) is 16.6 Å². The number of anilines is 1. The van der Waals surface area contributed by atoms with E-state index in [-0.39, 0.29) is 21.2 Å². The number of furan rings is 1. The first kappa shape index (κ1) is 19.4. The van der Waals surface area contributed by atoms with Gasteiger partial charge < -0.3 is 14.8 Å². The Morgan fingerprint density at radius 3 is 2.38 bits per heavy atom. The maximum Gasteiger partial charge on any atom is 0.267 e. The van der Waals surface area contributed by atoms with Crippen molar-refractivity contribution in [3.05, 3.63) is 84.9 Å². The molecule has 0 saturated heterocycles. The molecule has 2 heterocycles. The summed E-state index contributed by atoms with van der Waals surface area (Å²) in [5, 5.41) is 9.61. The summed E-state index contributed by atoms with van der Waals surface area (Å²) in [4.78, 5) is 24.8. The van der Waals surface area contributed by atoms with Crippen LogP contribution in [0.4, 0.5) is 5.69 Å². The number of nitrogens with one attached hydrogen (secondary N) is 3. The summed E-state index contributed by atoms with van der Waals surface area (Å²) in [5.74, 6) is 0.249. The monoisotopic (exact) mass is 429 g/mol. The molecule has 8 heteroatoms. The van der Waals surface area contributed by atoms with E-state index >= 15 is 0 Å². The normalized spacial score (nSPS) is 11.2. The molecule has 0 saturated carbocycles. The molecule has 4 rings (SSSR count). The van der Waals surface area contributed by atoms with Gasteiger partial charge in [-0.25, -0.2) is 0 Å². The van der Waals surface area contributed by atoms with Gasteiger partial charge in [0, 0.05) is 28.6 Å². The third-order valence-corrected chi connectivity index (χ3v) is 5.53. The van der Waals surface area contributed by atoms with E-state index in [4.69, 9.17) is 27.6 Å².